The molecule has 0 spiro atoms. The Balaban J connectivity index is 0.000000448. The van der Waals surface area contributed by atoms with Crippen LogP contribution in [0, 0.1) is 5.82 Å². The first kappa shape index (κ1) is 27.5. The van der Waals surface area contributed by atoms with Crippen molar-refractivity contribution < 1.29 is 27.5 Å². The summed E-state index contributed by atoms with van der Waals surface area (Å²) in [6.45, 7) is 1.76. The zero-order valence-corrected chi connectivity index (χ0v) is 20.5. The predicted molar refractivity (Wildman–Crippen MR) is 140 cm³/mol. The fourth-order valence-corrected chi connectivity index (χ4v) is 3.79. The second kappa shape index (κ2) is 12.3. The second-order valence-electron chi connectivity index (χ2n) is 8.61. The largest absolute Gasteiger partial charge is 0.490 e. The highest BCUT2D eigenvalue weighted by molar-refractivity contribution is 5.80. The minimum atomic E-state index is -5.08. The maximum absolute atomic E-state index is 13.5. The van der Waals surface area contributed by atoms with Crippen molar-refractivity contribution in [1.29, 1.82) is 0 Å². The molecule has 0 bridgehead atoms. The van der Waals surface area contributed by atoms with Crippen molar-refractivity contribution >= 4 is 17.0 Å². The number of carboxylic acids is 1. The molecule has 0 aliphatic heterocycles. The molecule has 0 atom stereocenters. The standard InChI is InChI=1S/C27H23FN4.C2HF3O2/c28-24-8-9-25-26(17-24)32-27(31-25)23-3-1-2-22(16-23)21-6-4-20(5-7-21)18-30-15-12-19-10-13-29-14-11-19;3-2(4,5)1(6)7/h1-11,13-14,16-17,30H,12,15,18H2,(H,31,32);(H,6,7). The molecule has 0 aliphatic rings. The number of hydrogen-bond donors (Lipinski definition) is 3. The number of benzene rings is 3. The topological polar surface area (TPSA) is 90.9 Å². The maximum atomic E-state index is 13.5. The maximum Gasteiger partial charge on any atom is 0.490 e. The van der Waals surface area contributed by atoms with E-state index in [1.54, 1.807) is 6.07 Å². The molecule has 2 aromatic heterocycles. The molecule has 0 aliphatic carbocycles. The molecule has 3 N–H and O–H groups in total. The molecule has 0 saturated heterocycles. The van der Waals surface area contributed by atoms with Gasteiger partial charge in [0.1, 0.15) is 11.6 Å². The second-order valence-corrected chi connectivity index (χ2v) is 8.61. The molecule has 39 heavy (non-hydrogen) atoms. The number of carbonyl (C=O) groups is 1. The molecular formula is C29H24F4N4O2. The number of aliphatic carboxylic acids is 1. The van der Waals surface area contributed by atoms with Crippen LogP contribution in [0.3, 0.4) is 0 Å². The van der Waals surface area contributed by atoms with Crippen LogP contribution in [0.25, 0.3) is 33.5 Å². The van der Waals surface area contributed by atoms with E-state index >= 15 is 0 Å². The van der Waals surface area contributed by atoms with Crippen LogP contribution in [-0.4, -0.2) is 38.7 Å². The lowest BCUT2D eigenvalue weighted by Gasteiger charge is -2.08. The van der Waals surface area contributed by atoms with E-state index < -0.39 is 12.1 Å². The Kier molecular flexibility index (Phi) is 8.67. The van der Waals surface area contributed by atoms with Gasteiger partial charge in [-0.2, -0.15) is 13.2 Å². The quantitative estimate of drug-likeness (QED) is 0.166. The lowest BCUT2D eigenvalue weighted by Crippen LogP contribution is -2.21. The Morgan fingerprint density at radius 3 is 2.26 bits per heavy atom. The zero-order chi connectivity index (χ0) is 27.8. The third kappa shape index (κ3) is 7.71. The lowest BCUT2D eigenvalue weighted by molar-refractivity contribution is -0.192. The monoisotopic (exact) mass is 536 g/mol. The number of fused-ring (bicyclic) bond motifs is 1. The van der Waals surface area contributed by atoms with Crippen LogP contribution >= 0.6 is 0 Å². The Morgan fingerprint density at radius 2 is 1.56 bits per heavy atom. The minimum absolute atomic E-state index is 0.270. The van der Waals surface area contributed by atoms with E-state index in [1.807, 2.05) is 36.7 Å². The van der Waals surface area contributed by atoms with Gasteiger partial charge in [-0.1, -0.05) is 42.5 Å². The van der Waals surface area contributed by atoms with Gasteiger partial charge in [-0.3, -0.25) is 4.98 Å². The van der Waals surface area contributed by atoms with E-state index in [1.165, 1.54) is 23.3 Å². The first-order chi connectivity index (χ1) is 18.7. The Hall–Kier alpha value is -4.57. The average molecular weight is 537 g/mol. The van der Waals surface area contributed by atoms with Gasteiger partial charge in [0.05, 0.1) is 11.0 Å². The van der Waals surface area contributed by atoms with E-state index in [9.17, 15) is 17.6 Å². The Bertz CT molecular complexity index is 1540. The molecule has 5 rings (SSSR count). The summed E-state index contributed by atoms with van der Waals surface area (Å²) >= 11 is 0. The number of alkyl halides is 3. The molecule has 0 unspecified atom stereocenters. The van der Waals surface area contributed by atoms with Gasteiger partial charge in [0.25, 0.3) is 0 Å². The van der Waals surface area contributed by atoms with Crippen LogP contribution in [-0.2, 0) is 17.8 Å². The highest BCUT2D eigenvalue weighted by atomic mass is 19.4. The minimum Gasteiger partial charge on any atom is -0.475 e. The summed E-state index contributed by atoms with van der Waals surface area (Å²) in [5, 5.41) is 10.6. The van der Waals surface area contributed by atoms with Crippen molar-refractivity contribution in [3.63, 3.8) is 0 Å². The number of nitrogens with one attached hydrogen (secondary N) is 2. The average Bonchev–Trinajstić information content (AvgIpc) is 3.35. The van der Waals surface area contributed by atoms with Crippen molar-refractivity contribution in [3.05, 3.63) is 108 Å². The third-order valence-corrected chi connectivity index (χ3v) is 5.78. The number of nitrogens with zero attached hydrogens (tertiary/aromatic N) is 2. The van der Waals surface area contributed by atoms with Gasteiger partial charge in [0, 0.05) is 24.5 Å². The molecule has 200 valence electrons. The smallest absolute Gasteiger partial charge is 0.475 e. The number of imidazole rings is 1. The van der Waals surface area contributed by atoms with E-state index in [0.29, 0.717) is 5.52 Å². The third-order valence-electron chi connectivity index (χ3n) is 5.78. The van der Waals surface area contributed by atoms with Crippen LogP contribution in [0.2, 0.25) is 0 Å². The van der Waals surface area contributed by atoms with Gasteiger partial charge < -0.3 is 15.4 Å². The highest BCUT2D eigenvalue weighted by Crippen LogP contribution is 2.27. The molecule has 0 fully saturated rings. The molecule has 0 radical (unpaired) electrons. The van der Waals surface area contributed by atoms with Gasteiger partial charge in [0.2, 0.25) is 0 Å². The molecule has 3 aromatic carbocycles. The van der Waals surface area contributed by atoms with E-state index in [0.717, 1.165) is 47.5 Å². The Morgan fingerprint density at radius 1 is 0.872 bits per heavy atom. The summed E-state index contributed by atoms with van der Waals surface area (Å²) in [5.74, 6) is -2.29. The number of aromatic amines is 1. The summed E-state index contributed by atoms with van der Waals surface area (Å²) in [5.41, 5.74) is 7.23. The van der Waals surface area contributed by atoms with Gasteiger partial charge in [0.15, 0.2) is 0 Å². The number of carboxylic acid groups (broad SMARTS) is 1. The molecule has 2 heterocycles. The van der Waals surface area contributed by atoms with Gasteiger partial charge in [-0.25, -0.2) is 14.2 Å². The predicted octanol–water partition coefficient (Wildman–Crippen LogP) is 6.40. The zero-order valence-electron chi connectivity index (χ0n) is 20.5. The van der Waals surface area contributed by atoms with Gasteiger partial charge >= 0.3 is 12.1 Å². The van der Waals surface area contributed by atoms with Crippen molar-refractivity contribution in [3.8, 4) is 22.5 Å². The number of pyridine rings is 1. The molecular weight excluding hydrogens is 512 g/mol. The van der Waals surface area contributed by atoms with Crippen LogP contribution < -0.4 is 5.32 Å². The molecule has 0 amide bonds. The van der Waals surface area contributed by atoms with E-state index in [2.05, 4.69) is 56.7 Å². The van der Waals surface area contributed by atoms with E-state index in [-0.39, 0.29) is 5.82 Å². The molecule has 5 aromatic rings. The molecule has 0 saturated carbocycles. The number of rotatable bonds is 7. The van der Waals surface area contributed by atoms with E-state index in [4.69, 9.17) is 9.90 Å². The highest BCUT2D eigenvalue weighted by Gasteiger charge is 2.38. The number of hydrogen-bond acceptors (Lipinski definition) is 4. The number of aromatic nitrogens is 3. The van der Waals surface area contributed by atoms with Crippen LogP contribution in [0.5, 0.6) is 0 Å². The van der Waals surface area contributed by atoms with Crippen molar-refractivity contribution in [2.45, 2.75) is 19.1 Å². The first-order valence-electron chi connectivity index (χ1n) is 11.9. The van der Waals surface area contributed by atoms with Crippen molar-refractivity contribution in [1.82, 2.24) is 20.3 Å². The molecule has 6 nitrogen and oxygen atoms in total. The number of H-pyrrole nitrogens is 1. The molecule has 10 heteroatoms. The van der Waals surface area contributed by atoms with Gasteiger partial charge in [-0.15, -0.1) is 0 Å². The Labute approximate surface area is 221 Å². The first-order valence-corrected chi connectivity index (χ1v) is 11.9. The van der Waals surface area contributed by atoms with Gasteiger partial charge in [-0.05, 0) is 71.6 Å². The fraction of sp³-hybridized carbons (Fsp3) is 0.138. The number of halogens is 4. The van der Waals surface area contributed by atoms with Crippen LogP contribution in [0.15, 0.2) is 91.3 Å². The van der Waals surface area contributed by atoms with Crippen molar-refractivity contribution in [2.75, 3.05) is 6.54 Å². The summed E-state index contributed by atoms with van der Waals surface area (Å²) in [6, 6.07) is 25.5. The SMILES string of the molecule is Fc1ccc2nc(-c3cccc(-c4ccc(CNCCc5ccncc5)cc4)c3)[nH]c2c1.O=C(O)C(F)(F)F. The summed E-state index contributed by atoms with van der Waals surface area (Å²) in [4.78, 5) is 20.8. The van der Waals surface area contributed by atoms with Crippen LogP contribution in [0.1, 0.15) is 11.1 Å². The fourth-order valence-electron chi connectivity index (χ4n) is 3.79. The summed E-state index contributed by atoms with van der Waals surface area (Å²) in [6.07, 6.45) is -0.435. The normalized spacial score (nSPS) is 11.2. The van der Waals surface area contributed by atoms with Crippen molar-refractivity contribution in [2.24, 2.45) is 0 Å². The van der Waals surface area contributed by atoms with Crippen LogP contribution in [0.4, 0.5) is 17.6 Å². The lowest BCUT2D eigenvalue weighted by atomic mass is 10.0. The summed E-state index contributed by atoms with van der Waals surface area (Å²) in [7, 11) is 0. The summed E-state index contributed by atoms with van der Waals surface area (Å²) < 4.78 is 45.2.